The molecule has 128 valence electrons. The smallest absolute Gasteiger partial charge is 0.258 e. The van der Waals surface area contributed by atoms with Crippen molar-refractivity contribution in [2.24, 2.45) is 0 Å². The molecule has 6 nitrogen and oxygen atoms in total. The van der Waals surface area contributed by atoms with Gasteiger partial charge >= 0.3 is 0 Å². The van der Waals surface area contributed by atoms with Crippen LogP contribution in [-0.2, 0) is 11.2 Å². The summed E-state index contributed by atoms with van der Waals surface area (Å²) < 4.78 is 10.4. The third kappa shape index (κ3) is 4.03. The van der Waals surface area contributed by atoms with Crippen LogP contribution >= 0.6 is 0 Å². The van der Waals surface area contributed by atoms with Gasteiger partial charge in [-0.2, -0.15) is 4.98 Å². The van der Waals surface area contributed by atoms with E-state index in [9.17, 15) is 4.79 Å². The van der Waals surface area contributed by atoms with E-state index >= 15 is 0 Å². The maximum atomic E-state index is 12.2. The van der Waals surface area contributed by atoms with Crippen LogP contribution in [0.4, 0.5) is 5.69 Å². The molecule has 6 heteroatoms. The minimum atomic E-state index is -0.188. The Morgan fingerprint density at radius 3 is 2.84 bits per heavy atom. The monoisotopic (exact) mass is 337 g/mol. The first-order chi connectivity index (χ1) is 12.0. The third-order valence-electron chi connectivity index (χ3n) is 3.77. The highest BCUT2D eigenvalue weighted by Gasteiger charge is 2.14. The standard InChI is InChI=1S/C19H19N3O3/c1-12-7-8-13(2)16(9-12)20-18(23)11-17-21-19(25-22-17)14-5-4-6-15(10-14)24-3/h4-10H,11H2,1-3H3,(H,20,23). The van der Waals surface area contributed by atoms with Gasteiger partial charge in [0.05, 0.1) is 13.5 Å². The van der Waals surface area contributed by atoms with Crippen LogP contribution in [0.15, 0.2) is 47.0 Å². The molecule has 0 fully saturated rings. The summed E-state index contributed by atoms with van der Waals surface area (Å²) in [4.78, 5) is 16.5. The minimum Gasteiger partial charge on any atom is -0.497 e. The normalized spacial score (nSPS) is 10.5. The number of hydrogen-bond acceptors (Lipinski definition) is 5. The zero-order valence-electron chi connectivity index (χ0n) is 14.4. The van der Waals surface area contributed by atoms with Crippen molar-refractivity contribution in [2.45, 2.75) is 20.3 Å². The van der Waals surface area contributed by atoms with Gasteiger partial charge in [-0.1, -0.05) is 23.4 Å². The quantitative estimate of drug-likeness (QED) is 0.770. The van der Waals surface area contributed by atoms with E-state index in [0.29, 0.717) is 17.5 Å². The summed E-state index contributed by atoms with van der Waals surface area (Å²) in [6, 6.07) is 13.2. The molecule has 0 bridgehead atoms. The second-order valence-electron chi connectivity index (χ2n) is 5.79. The van der Waals surface area contributed by atoms with Crippen molar-refractivity contribution in [3.05, 3.63) is 59.4 Å². The van der Waals surface area contributed by atoms with E-state index < -0.39 is 0 Å². The Morgan fingerprint density at radius 2 is 2.04 bits per heavy atom. The van der Waals surface area contributed by atoms with Crippen molar-refractivity contribution >= 4 is 11.6 Å². The van der Waals surface area contributed by atoms with E-state index in [-0.39, 0.29) is 12.3 Å². The van der Waals surface area contributed by atoms with Crippen LogP contribution in [-0.4, -0.2) is 23.2 Å². The van der Waals surface area contributed by atoms with Gasteiger partial charge in [0.2, 0.25) is 5.91 Å². The summed E-state index contributed by atoms with van der Waals surface area (Å²) in [5.41, 5.74) is 3.62. The molecule has 25 heavy (non-hydrogen) atoms. The van der Waals surface area contributed by atoms with Crippen LogP contribution in [0.3, 0.4) is 0 Å². The van der Waals surface area contributed by atoms with Gasteiger partial charge in [-0.15, -0.1) is 0 Å². The highest BCUT2D eigenvalue weighted by atomic mass is 16.5. The van der Waals surface area contributed by atoms with Gasteiger partial charge in [-0.3, -0.25) is 4.79 Å². The first kappa shape index (κ1) is 16.7. The Morgan fingerprint density at radius 1 is 1.20 bits per heavy atom. The Balaban J connectivity index is 1.70. The maximum Gasteiger partial charge on any atom is 0.258 e. The predicted molar refractivity (Wildman–Crippen MR) is 94.5 cm³/mol. The van der Waals surface area contributed by atoms with E-state index in [4.69, 9.17) is 9.26 Å². The number of amides is 1. The Labute approximate surface area is 145 Å². The van der Waals surface area contributed by atoms with E-state index in [2.05, 4.69) is 15.5 Å². The summed E-state index contributed by atoms with van der Waals surface area (Å²) in [5.74, 6) is 1.20. The summed E-state index contributed by atoms with van der Waals surface area (Å²) in [5, 5.41) is 6.77. The van der Waals surface area contributed by atoms with Crippen molar-refractivity contribution < 1.29 is 14.1 Å². The lowest BCUT2D eigenvalue weighted by molar-refractivity contribution is -0.115. The highest BCUT2D eigenvalue weighted by Crippen LogP contribution is 2.22. The van der Waals surface area contributed by atoms with Crippen molar-refractivity contribution in [2.75, 3.05) is 12.4 Å². The summed E-state index contributed by atoms with van der Waals surface area (Å²) in [7, 11) is 1.59. The van der Waals surface area contributed by atoms with E-state index in [0.717, 1.165) is 22.4 Å². The molecular weight excluding hydrogens is 318 g/mol. The summed E-state index contributed by atoms with van der Waals surface area (Å²) >= 11 is 0. The molecule has 2 aromatic carbocycles. The molecule has 1 amide bonds. The van der Waals surface area contributed by atoms with Gasteiger partial charge in [0.1, 0.15) is 5.75 Å². The van der Waals surface area contributed by atoms with E-state index in [1.807, 2.05) is 50.2 Å². The van der Waals surface area contributed by atoms with Crippen LogP contribution in [0.1, 0.15) is 17.0 Å². The number of carbonyl (C=O) groups is 1. The number of rotatable bonds is 5. The number of hydrogen-bond donors (Lipinski definition) is 1. The van der Waals surface area contributed by atoms with Gasteiger partial charge < -0.3 is 14.6 Å². The number of nitrogens with one attached hydrogen (secondary N) is 1. The van der Waals surface area contributed by atoms with Gasteiger partial charge in [0, 0.05) is 11.3 Å². The molecule has 0 unspecified atom stereocenters. The number of ether oxygens (including phenoxy) is 1. The van der Waals surface area contributed by atoms with Gasteiger partial charge in [-0.25, -0.2) is 0 Å². The second kappa shape index (κ2) is 7.17. The van der Waals surface area contributed by atoms with Crippen molar-refractivity contribution in [1.29, 1.82) is 0 Å². The predicted octanol–water partition coefficient (Wildman–Crippen LogP) is 3.54. The third-order valence-corrected chi connectivity index (χ3v) is 3.77. The van der Waals surface area contributed by atoms with Crippen LogP contribution in [0.5, 0.6) is 5.75 Å². The molecule has 0 spiro atoms. The molecule has 1 N–H and O–H groups in total. The molecule has 0 atom stereocenters. The van der Waals surface area contributed by atoms with Crippen molar-refractivity contribution in [1.82, 2.24) is 10.1 Å². The van der Waals surface area contributed by atoms with Crippen LogP contribution in [0, 0.1) is 13.8 Å². The van der Waals surface area contributed by atoms with Gasteiger partial charge in [0.15, 0.2) is 5.82 Å². The van der Waals surface area contributed by atoms with Crippen LogP contribution in [0.2, 0.25) is 0 Å². The first-order valence-electron chi connectivity index (χ1n) is 7.89. The zero-order chi connectivity index (χ0) is 17.8. The molecule has 0 radical (unpaired) electrons. The lowest BCUT2D eigenvalue weighted by Gasteiger charge is -2.08. The van der Waals surface area contributed by atoms with Crippen LogP contribution < -0.4 is 10.1 Å². The SMILES string of the molecule is COc1cccc(-c2nc(CC(=O)Nc3cc(C)ccc3C)no2)c1. The molecule has 0 aliphatic carbocycles. The van der Waals surface area contributed by atoms with E-state index in [1.54, 1.807) is 13.2 Å². The number of nitrogens with zero attached hydrogens (tertiary/aromatic N) is 2. The minimum absolute atomic E-state index is 0.0425. The molecule has 1 aromatic heterocycles. The summed E-state index contributed by atoms with van der Waals surface area (Å²) in [6.07, 6.45) is 0.0425. The molecule has 0 aliphatic heterocycles. The van der Waals surface area contributed by atoms with Crippen LogP contribution in [0.25, 0.3) is 11.5 Å². The molecule has 3 rings (SSSR count). The Kier molecular flexibility index (Phi) is 4.79. The van der Waals surface area contributed by atoms with E-state index in [1.165, 1.54) is 0 Å². The van der Waals surface area contributed by atoms with Crippen molar-refractivity contribution in [3.8, 4) is 17.2 Å². The largest absolute Gasteiger partial charge is 0.497 e. The molecule has 0 saturated heterocycles. The fraction of sp³-hybridized carbons (Fsp3) is 0.211. The average molecular weight is 337 g/mol. The van der Waals surface area contributed by atoms with Crippen molar-refractivity contribution in [3.63, 3.8) is 0 Å². The fourth-order valence-corrected chi connectivity index (χ4v) is 2.41. The number of methoxy groups -OCH3 is 1. The lowest BCUT2D eigenvalue weighted by atomic mass is 10.1. The topological polar surface area (TPSA) is 77.2 Å². The molecule has 0 saturated carbocycles. The maximum absolute atomic E-state index is 12.2. The molecular formula is C19H19N3O3. The van der Waals surface area contributed by atoms with Gasteiger partial charge in [-0.05, 0) is 49.2 Å². The Hall–Kier alpha value is -3.15. The van der Waals surface area contributed by atoms with Gasteiger partial charge in [0.25, 0.3) is 5.89 Å². The summed E-state index contributed by atoms with van der Waals surface area (Å²) in [6.45, 7) is 3.93. The molecule has 0 aliphatic rings. The number of benzene rings is 2. The average Bonchev–Trinajstić information content (AvgIpc) is 3.06. The number of aromatic nitrogens is 2. The molecule has 1 heterocycles. The Bertz CT molecular complexity index is 902. The second-order valence-corrected chi connectivity index (χ2v) is 5.79. The number of anilines is 1. The number of aryl methyl sites for hydroxylation is 2. The number of carbonyl (C=O) groups excluding carboxylic acids is 1. The lowest BCUT2D eigenvalue weighted by Crippen LogP contribution is -2.16. The highest BCUT2D eigenvalue weighted by molar-refractivity contribution is 5.92. The first-order valence-corrected chi connectivity index (χ1v) is 7.89. The zero-order valence-corrected chi connectivity index (χ0v) is 14.4. The molecule has 3 aromatic rings. The fourth-order valence-electron chi connectivity index (χ4n) is 2.41.